The first-order chi connectivity index (χ1) is 16.4. The monoisotopic (exact) mass is 521 g/mol. The SMILES string of the molecule is CCCCOC(=O)C1=CN[C@]2(C(=O)OCC)[C@H]1C(=C1SCCS1)C(=O)C[C@@H]2c1ccc(Cl)cc1. The molecule has 2 heterocycles. The molecule has 1 aliphatic carbocycles. The summed E-state index contributed by atoms with van der Waals surface area (Å²) < 4.78 is 12.0. The van der Waals surface area contributed by atoms with Crippen molar-refractivity contribution in [2.75, 3.05) is 24.7 Å². The van der Waals surface area contributed by atoms with Crippen LogP contribution in [0.3, 0.4) is 0 Å². The second-order valence-corrected chi connectivity index (χ2v) is 11.3. The number of hydrogen-bond acceptors (Lipinski definition) is 8. The van der Waals surface area contributed by atoms with E-state index in [0.29, 0.717) is 16.2 Å². The maximum Gasteiger partial charge on any atom is 0.336 e. The van der Waals surface area contributed by atoms with Gasteiger partial charge in [-0.05, 0) is 31.0 Å². The quantitative estimate of drug-likeness (QED) is 0.310. The molecule has 1 aromatic carbocycles. The Labute approximate surface area is 213 Å². The molecule has 9 heteroatoms. The molecule has 1 saturated heterocycles. The number of fused-ring (bicyclic) bond motifs is 1. The zero-order valence-electron chi connectivity index (χ0n) is 19.2. The number of rotatable bonds is 7. The third kappa shape index (κ3) is 4.52. The molecule has 0 spiro atoms. The Morgan fingerprint density at radius 3 is 2.50 bits per heavy atom. The van der Waals surface area contributed by atoms with Crippen molar-refractivity contribution in [3.05, 3.63) is 56.4 Å². The molecule has 2 fully saturated rings. The van der Waals surface area contributed by atoms with Gasteiger partial charge in [0.1, 0.15) is 0 Å². The Hall–Kier alpha value is -1.90. The topological polar surface area (TPSA) is 81.7 Å². The number of ether oxygens (including phenoxy) is 2. The van der Waals surface area contributed by atoms with Gasteiger partial charge in [-0.15, -0.1) is 23.5 Å². The van der Waals surface area contributed by atoms with Crippen molar-refractivity contribution in [1.29, 1.82) is 0 Å². The lowest BCUT2D eigenvalue weighted by atomic mass is 9.61. The van der Waals surface area contributed by atoms with Crippen molar-refractivity contribution < 1.29 is 23.9 Å². The fraction of sp³-hybridized carbons (Fsp3) is 0.480. The molecule has 0 bridgehead atoms. The van der Waals surface area contributed by atoms with Gasteiger partial charge in [0.25, 0.3) is 0 Å². The molecule has 34 heavy (non-hydrogen) atoms. The highest BCUT2D eigenvalue weighted by atomic mass is 35.5. The first-order valence-corrected chi connectivity index (χ1v) is 13.9. The van der Waals surface area contributed by atoms with Gasteiger partial charge < -0.3 is 14.8 Å². The van der Waals surface area contributed by atoms with Crippen molar-refractivity contribution in [1.82, 2.24) is 5.32 Å². The lowest BCUT2D eigenvalue weighted by Crippen LogP contribution is -2.61. The number of carbonyl (C=O) groups is 3. The van der Waals surface area contributed by atoms with Crippen molar-refractivity contribution >= 4 is 52.8 Å². The molecule has 3 atom stereocenters. The summed E-state index contributed by atoms with van der Waals surface area (Å²) >= 11 is 9.32. The first-order valence-electron chi connectivity index (χ1n) is 11.5. The smallest absolute Gasteiger partial charge is 0.336 e. The average molecular weight is 522 g/mol. The minimum Gasteiger partial charge on any atom is -0.464 e. The summed E-state index contributed by atoms with van der Waals surface area (Å²) in [7, 11) is 0. The number of esters is 2. The van der Waals surface area contributed by atoms with Gasteiger partial charge in [-0.1, -0.05) is 37.1 Å². The van der Waals surface area contributed by atoms with Gasteiger partial charge in [0.15, 0.2) is 11.3 Å². The van der Waals surface area contributed by atoms with Crippen LogP contribution >= 0.6 is 35.1 Å². The molecule has 4 rings (SSSR count). The van der Waals surface area contributed by atoms with Crippen molar-refractivity contribution in [3.63, 3.8) is 0 Å². The van der Waals surface area contributed by atoms with Gasteiger partial charge >= 0.3 is 11.9 Å². The predicted octanol–water partition coefficient (Wildman–Crippen LogP) is 4.84. The standard InChI is InChI=1S/C25H28ClNO5S2/c1-3-5-10-32-22(29)17-14-27-25(24(30)31-4-2)18(15-6-8-16(26)9-7-15)13-19(28)20(21(17)25)23-33-11-12-34-23/h6-9,14,18,21,27H,3-5,10-13H2,1-2H3/t18-,21-,25+/m1/s1. The van der Waals surface area contributed by atoms with Crippen molar-refractivity contribution in [3.8, 4) is 0 Å². The molecule has 0 radical (unpaired) electrons. The van der Waals surface area contributed by atoms with E-state index in [9.17, 15) is 14.4 Å². The van der Waals surface area contributed by atoms with E-state index in [2.05, 4.69) is 5.32 Å². The highest BCUT2D eigenvalue weighted by Gasteiger charge is 2.64. The Balaban J connectivity index is 1.86. The Kier molecular flexibility index (Phi) is 8.00. The zero-order chi connectivity index (χ0) is 24.3. The maximum absolute atomic E-state index is 13.7. The first kappa shape index (κ1) is 25.2. The third-order valence-electron chi connectivity index (χ3n) is 6.38. The van der Waals surface area contributed by atoms with E-state index < -0.39 is 29.3 Å². The molecule has 1 aromatic rings. The number of carbonyl (C=O) groups excluding carboxylic acids is 3. The lowest BCUT2D eigenvalue weighted by Gasteiger charge is -2.45. The van der Waals surface area contributed by atoms with Crippen LogP contribution in [0.2, 0.25) is 5.02 Å². The van der Waals surface area contributed by atoms with Crippen LogP contribution in [0.25, 0.3) is 0 Å². The number of hydrogen-bond donors (Lipinski definition) is 1. The number of unbranched alkanes of at least 4 members (excludes halogenated alkanes) is 1. The van der Waals surface area contributed by atoms with Crippen LogP contribution in [0.1, 0.15) is 44.6 Å². The number of nitrogens with one attached hydrogen (secondary N) is 1. The summed E-state index contributed by atoms with van der Waals surface area (Å²) in [4.78, 5) is 40.6. The molecule has 0 unspecified atom stereocenters. The Morgan fingerprint density at radius 2 is 1.85 bits per heavy atom. The summed E-state index contributed by atoms with van der Waals surface area (Å²) in [6, 6.07) is 7.14. The van der Waals surface area contributed by atoms with Crippen molar-refractivity contribution in [2.45, 2.75) is 44.6 Å². The van der Waals surface area contributed by atoms with E-state index in [4.69, 9.17) is 21.1 Å². The van der Waals surface area contributed by atoms with E-state index in [1.165, 1.54) is 0 Å². The van der Waals surface area contributed by atoms with Crippen LogP contribution in [0.15, 0.2) is 45.8 Å². The fourth-order valence-electron chi connectivity index (χ4n) is 4.82. The molecule has 3 aliphatic rings. The predicted molar refractivity (Wildman–Crippen MR) is 136 cm³/mol. The van der Waals surface area contributed by atoms with Gasteiger partial charge in [-0.3, -0.25) is 4.79 Å². The molecular weight excluding hydrogens is 494 g/mol. The van der Waals surface area contributed by atoms with Crippen LogP contribution in [-0.2, 0) is 23.9 Å². The number of ketones is 1. The van der Waals surface area contributed by atoms with Gasteiger partial charge in [-0.25, -0.2) is 9.59 Å². The Bertz CT molecular complexity index is 1030. The van der Waals surface area contributed by atoms with E-state index >= 15 is 0 Å². The largest absolute Gasteiger partial charge is 0.464 e. The van der Waals surface area contributed by atoms with Crippen LogP contribution in [0.4, 0.5) is 0 Å². The summed E-state index contributed by atoms with van der Waals surface area (Å²) in [5, 5.41) is 3.80. The minimum absolute atomic E-state index is 0.0577. The van der Waals surface area contributed by atoms with Gasteiger partial charge in [-0.2, -0.15) is 0 Å². The number of Topliss-reactive ketones (excluding diaryl/α,β-unsaturated/α-hetero) is 1. The van der Waals surface area contributed by atoms with Gasteiger partial charge in [0.2, 0.25) is 0 Å². The van der Waals surface area contributed by atoms with Crippen molar-refractivity contribution in [2.24, 2.45) is 5.92 Å². The third-order valence-corrected chi connectivity index (χ3v) is 9.38. The number of benzene rings is 1. The van der Waals surface area contributed by atoms with Crippen LogP contribution in [-0.4, -0.2) is 48.0 Å². The average Bonchev–Trinajstić information content (AvgIpc) is 3.49. The minimum atomic E-state index is -1.33. The number of halogens is 1. The molecule has 0 aromatic heterocycles. The molecule has 6 nitrogen and oxygen atoms in total. The van der Waals surface area contributed by atoms with Crippen LogP contribution in [0, 0.1) is 5.92 Å². The summed E-state index contributed by atoms with van der Waals surface area (Å²) in [6.45, 7) is 4.24. The second-order valence-electron chi connectivity index (χ2n) is 8.39. The molecule has 2 aliphatic heterocycles. The van der Waals surface area contributed by atoms with E-state index in [0.717, 1.165) is 34.1 Å². The van der Waals surface area contributed by atoms with Gasteiger partial charge in [0.05, 0.1) is 24.7 Å². The van der Waals surface area contributed by atoms with Crippen LogP contribution in [0.5, 0.6) is 0 Å². The van der Waals surface area contributed by atoms with E-state index in [1.54, 1.807) is 48.8 Å². The highest BCUT2D eigenvalue weighted by Crippen LogP contribution is 2.55. The maximum atomic E-state index is 13.7. The van der Waals surface area contributed by atoms with E-state index in [-0.39, 0.29) is 25.4 Å². The van der Waals surface area contributed by atoms with Crippen LogP contribution < -0.4 is 5.32 Å². The lowest BCUT2D eigenvalue weighted by molar-refractivity contribution is -0.154. The summed E-state index contributed by atoms with van der Waals surface area (Å²) in [5.41, 5.74) is 0.275. The molecule has 1 saturated carbocycles. The molecule has 1 N–H and O–H groups in total. The highest BCUT2D eigenvalue weighted by molar-refractivity contribution is 8.25. The zero-order valence-corrected chi connectivity index (χ0v) is 21.6. The van der Waals surface area contributed by atoms with Gasteiger partial charge in [0, 0.05) is 44.9 Å². The fourth-order valence-corrected chi connectivity index (χ4v) is 7.59. The second kappa shape index (κ2) is 10.8. The summed E-state index contributed by atoms with van der Waals surface area (Å²) in [6.07, 6.45) is 3.31. The molecule has 182 valence electrons. The molecular formula is C25H28ClNO5S2. The van der Waals surface area contributed by atoms with E-state index in [1.807, 2.05) is 19.1 Å². The molecule has 0 amide bonds. The Morgan fingerprint density at radius 1 is 1.15 bits per heavy atom. The normalized spacial score (nSPS) is 26.1. The summed E-state index contributed by atoms with van der Waals surface area (Å²) in [5.74, 6) is -0.625. The number of thioether (sulfide) groups is 2.